The van der Waals surface area contributed by atoms with Crippen molar-refractivity contribution in [3.8, 4) is 0 Å². The van der Waals surface area contributed by atoms with Crippen LogP contribution in [0.2, 0.25) is 0 Å². The lowest BCUT2D eigenvalue weighted by Crippen LogP contribution is -2.35. The van der Waals surface area contributed by atoms with Gasteiger partial charge >= 0.3 is 6.09 Å². The van der Waals surface area contributed by atoms with Gasteiger partial charge in [0.1, 0.15) is 12.6 Å². The highest BCUT2D eigenvalue weighted by Gasteiger charge is 2.38. The van der Waals surface area contributed by atoms with Gasteiger partial charge in [0, 0.05) is 6.42 Å². The maximum absolute atomic E-state index is 12.6. The molecule has 1 aliphatic heterocycles. The summed E-state index contributed by atoms with van der Waals surface area (Å²) in [5.41, 5.74) is 0.943. The SMILES string of the molecule is CCC[C@H](C)C[C@H](C)CC(=O)N1C(=O)OC[C@H]1c1ccccc1. The summed E-state index contributed by atoms with van der Waals surface area (Å²) in [6.07, 6.45) is 3.23. The Kier molecular flexibility index (Phi) is 6.20. The Morgan fingerprint density at radius 2 is 1.96 bits per heavy atom. The summed E-state index contributed by atoms with van der Waals surface area (Å²) < 4.78 is 5.12. The zero-order chi connectivity index (χ0) is 16.8. The number of benzene rings is 1. The normalized spacial score (nSPS) is 20.2. The van der Waals surface area contributed by atoms with Crippen LogP contribution in [-0.2, 0) is 9.53 Å². The molecule has 1 aromatic rings. The van der Waals surface area contributed by atoms with Crippen LogP contribution in [0.1, 0.15) is 58.1 Å². The smallest absolute Gasteiger partial charge is 0.417 e. The number of rotatable bonds is 7. The highest BCUT2D eigenvalue weighted by molar-refractivity contribution is 5.93. The molecule has 4 nitrogen and oxygen atoms in total. The van der Waals surface area contributed by atoms with Crippen molar-refractivity contribution in [2.75, 3.05) is 6.61 Å². The van der Waals surface area contributed by atoms with Crippen molar-refractivity contribution in [2.24, 2.45) is 11.8 Å². The average Bonchev–Trinajstić information content (AvgIpc) is 2.90. The Bertz CT molecular complexity index is 529. The summed E-state index contributed by atoms with van der Waals surface area (Å²) in [4.78, 5) is 25.9. The molecule has 0 radical (unpaired) electrons. The summed E-state index contributed by atoms with van der Waals surface area (Å²) in [7, 11) is 0. The molecule has 126 valence electrons. The molecule has 0 bridgehead atoms. The third-order valence-electron chi connectivity index (χ3n) is 4.44. The molecule has 2 amide bonds. The number of hydrogen-bond donors (Lipinski definition) is 0. The fourth-order valence-corrected chi connectivity index (χ4v) is 3.39. The van der Waals surface area contributed by atoms with Crippen molar-refractivity contribution in [1.82, 2.24) is 4.90 Å². The number of amides is 2. The number of ether oxygens (including phenoxy) is 1. The van der Waals surface area contributed by atoms with Crippen LogP contribution < -0.4 is 0 Å². The van der Waals surface area contributed by atoms with Gasteiger partial charge in [-0.15, -0.1) is 0 Å². The Morgan fingerprint density at radius 3 is 2.61 bits per heavy atom. The molecule has 2 rings (SSSR count). The van der Waals surface area contributed by atoms with E-state index >= 15 is 0 Å². The van der Waals surface area contributed by atoms with Gasteiger partial charge in [-0.3, -0.25) is 4.79 Å². The zero-order valence-corrected chi connectivity index (χ0v) is 14.3. The Labute approximate surface area is 138 Å². The zero-order valence-electron chi connectivity index (χ0n) is 14.3. The summed E-state index contributed by atoms with van der Waals surface area (Å²) in [6.45, 7) is 6.73. The highest BCUT2D eigenvalue weighted by Crippen LogP contribution is 2.29. The van der Waals surface area contributed by atoms with Crippen molar-refractivity contribution >= 4 is 12.0 Å². The molecule has 23 heavy (non-hydrogen) atoms. The van der Waals surface area contributed by atoms with Crippen LogP contribution in [0.4, 0.5) is 4.79 Å². The van der Waals surface area contributed by atoms with Crippen LogP contribution in [0, 0.1) is 11.8 Å². The molecule has 1 aliphatic rings. The number of cyclic esters (lactones) is 1. The molecule has 1 saturated heterocycles. The predicted molar refractivity (Wildman–Crippen MR) is 89.8 cm³/mol. The molecule has 1 heterocycles. The van der Waals surface area contributed by atoms with Crippen molar-refractivity contribution in [1.29, 1.82) is 0 Å². The van der Waals surface area contributed by atoms with E-state index in [0.717, 1.165) is 18.4 Å². The summed E-state index contributed by atoms with van der Waals surface area (Å²) in [6, 6.07) is 9.31. The number of carbonyl (C=O) groups is 2. The number of hydrogen-bond acceptors (Lipinski definition) is 3. The molecule has 1 fully saturated rings. The van der Waals surface area contributed by atoms with Crippen LogP contribution in [0.15, 0.2) is 30.3 Å². The van der Waals surface area contributed by atoms with E-state index in [1.807, 2.05) is 30.3 Å². The van der Waals surface area contributed by atoms with Gasteiger partial charge in [0.15, 0.2) is 0 Å². The number of nitrogens with zero attached hydrogens (tertiary/aromatic N) is 1. The number of imide groups is 1. The van der Waals surface area contributed by atoms with Gasteiger partial charge in [-0.2, -0.15) is 0 Å². The first kappa shape index (κ1) is 17.5. The second-order valence-electron chi connectivity index (χ2n) is 6.71. The standard InChI is InChI=1S/C19H27NO3/c1-4-8-14(2)11-15(3)12-18(21)20-17(13-23-19(20)22)16-9-6-5-7-10-16/h5-7,9-10,14-15,17H,4,8,11-13H2,1-3H3/t14-,15-,17-/m0/s1. The molecular weight excluding hydrogens is 290 g/mol. The molecule has 1 aromatic carbocycles. The fourth-order valence-electron chi connectivity index (χ4n) is 3.39. The molecule has 0 aromatic heterocycles. The van der Waals surface area contributed by atoms with Gasteiger partial charge in [-0.1, -0.05) is 63.9 Å². The molecule has 0 spiro atoms. The molecule has 4 heteroatoms. The minimum absolute atomic E-state index is 0.127. The van der Waals surface area contributed by atoms with E-state index in [4.69, 9.17) is 4.74 Å². The van der Waals surface area contributed by atoms with Crippen LogP contribution in [0.3, 0.4) is 0 Å². The Hall–Kier alpha value is -1.84. The van der Waals surface area contributed by atoms with Crippen molar-refractivity contribution < 1.29 is 14.3 Å². The largest absolute Gasteiger partial charge is 0.446 e. The topological polar surface area (TPSA) is 46.6 Å². The third-order valence-corrected chi connectivity index (χ3v) is 4.44. The second kappa shape index (κ2) is 8.14. The maximum atomic E-state index is 12.6. The highest BCUT2D eigenvalue weighted by atomic mass is 16.6. The quantitative estimate of drug-likeness (QED) is 0.740. The van der Waals surface area contributed by atoms with Crippen molar-refractivity contribution in [2.45, 2.75) is 52.5 Å². The van der Waals surface area contributed by atoms with E-state index < -0.39 is 6.09 Å². The third kappa shape index (κ3) is 4.57. The van der Waals surface area contributed by atoms with E-state index in [1.165, 1.54) is 11.3 Å². The van der Waals surface area contributed by atoms with Crippen molar-refractivity contribution in [3.63, 3.8) is 0 Å². The van der Waals surface area contributed by atoms with Crippen LogP contribution in [0.5, 0.6) is 0 Å². The lowest BCUT2D eigenvalue weighted by atomic mass is 9.91. The maximum Gasteiger partial charge on any atom is 0.417 e. The van der Waals surface area contributed by atoms with Crippen LogP contribution >= 0.6 is 0 Å². The predicted octanol–water partition coefficient (Wildman–Crippen LogP) is 4.56. The van der Waals surface area contributed by atoms with Crippen molar-refractivity contribution in [3.05, 3.63) is 35.9 Å². The summed E-state index contributed by atoms with van der Waals surface area (Å²) >= 11 is 0. The fraction of sp³-hybridized carbons (Fsp3) is 0.579. The Balaban J connectivity index is 2.00. The molecule has 0 saturated carbocycles. The first-order chi connectivity index (χ1) is 11.0. The minimum Gasteiger partial charge on any atom is -0.446 e. The first-order valence-corrected chi connectivity index (χ1v) is 8.56. The molecule has 0 aliphatic carbocycles. The second-order valence-corrected chi connectivity index (χ2v) is 6.71. The van der Waals surface area contributed by atoms with E-state index in [-0.39, 0.29) is 24.5 Å². The van der Waals surface area contributed by atoms with E-state index in [9.17, 15) is 9.59 Å². The lowest BCUT2D eigenvalue weighted by molar-refractivity contribution is -0.130. The van der Waals surface area contributed by atoms with Gasteiger partial charge in [0.05, 0.1) is 0 Å². The van der Waals surface area contributed by atoms with Gasteiger partial charge in [-0.05, 0) is 23.8 Å². The summed E-state index contributed by atoms with van der Waals surface area (Å²) in [5.74, 6) is 0.754. The van der Waals surface area contributed by atoms with E-state index in [1.54, 1.807) is 0 Å². The monoisotopic (exact) mass is 317 g/mol. The summed E-state index contributed by atoms with van der Waals surface area (Å²) in [5, 5.41) is 0. The number of carbonyl (C=O) groups excluding carboxylic acids is 2. The van der Waals surface area contributed by atoms with E-state index in [0.29, 0.717) is 12.3 Å². The van der Waals surface area contributed by atoms with Gasteiger partial charge in [0.2, 0.25) is 5.91 Å². The van der Waals surface area contributed by atoms with Crippen LogP contribution in [-0.4, -0.2) is 23.5 Å². The minimum atomic E-state index is -0.516. The first-order valence-electron chi connectivity index (χ1n) is 8.56. The molecule has 0 N–H and O–H groups in total. The van der Waals surface area contributed by atoms with Gasteiger partial charge in [0.25, 0.3) is 0 Å². The molecule has 0 unspecified atom stereocenters. The van der Waals surface area contributed by atoms with E-state index in [2.05, 4.69) is 20.8 Å². The van der Waals surface area contributed by atoms with Crippen LogP contribution in [0.25, 0.3) is 0 Å². The average molecular weight is 317 g/mol. The molecular formula is C19H27NO3. The lowest BCUT2D eigenvalue weighted by Gasteiger charge is -2.22. The Morgan fingerprint density at radius 1 is 1.26 bits per heavy atom. The van der Waals surface area contributed by atoms with Gasteiger partial charge in [-0.25, -0.2) is 9.69 Å². The molecule has 3 atom stereocenters. The van der Waals surface area contributed by atoms with Gasteiger partial charge < -0.3 is 4.74 Å².